The van der Waals surface area contributed by atoms with Gasteiger partial charge in [-0.3, -0.25) is 19.3 Å². The number of urea groups is 1. The van der Waals surface area contributed by atoms with Crippen molar-refractivity contribution >= 4 is 23.7 Å². The number of esters is 1. The van der Waals surface area contributed by atoms with Crippen LogP contribution in [0.15, 0.2) is 24.3 Å². The van der Waals surface area contributed by atoms with Gasteiger partial charge in [0.15, 0.2) is 12.4 Å². The molecule has 1 N–H and O–H groups in total. The minimum absolute atomic E-state index is 0.377. The number of carbonyl (C=O) groups is 4. The largest absolute Gasteiger partial charge is 0.494 e. The van der Waals surface area contributed by atoms with Crippen LogP contribution in [0.2, 0.25) is 0 Å². The maximum absolute atomic E-state index is 12.8. The number of rotatable bonds is 8. The smallest absolute Gasteiger partial charge is 0.326 e. The predicted molar refractivity (Wildman–Crippen MR) is 108 cm³/mol. The van der Waals surface area contributed by atoms with Crippen molar-refractivity contribution in [3.63, 3.8) is 0 Å². The van der Waals surface area contributed by atoms with Gasteiger partial charge in [-0.15, -0.1) is 0 Å². The van der Waals surface area contributed by atoms with Gasteiger partial charge >= 0.3 is 12.0 Å². The van der Waals surface area contributed by atoms with E-state index in [9.17, 15) is 19.2 Å². The van der Waals surface area contributed by atoms with Gasteiger partial charge in [-0.25, -0.2) is 4.79 Å². The van der Waals surface area contributed by atoms with Crippen molar-refractivity contribution in [1.82, 2.24) is 10.2 Å². The highest BCUT2D eigenvalue weighted by atomic mass is 16.5. The van der Waals surface area contributed by atoms with Crippen LogP contribution in [0.1, 0.15) is 56.3 Å². The minimum Gasteiger partial charge on any atom is -0.494 e. The fourth-order valence-corrected chi connectivity index (χ4v) is 4.05. The zero-order valence-corrected chi connectivity index (χ0v) is 17.4. The zero-order chi connectivity index (χ0) is 21.7. The highest BCUT2D eigenvalue weighted by Crippen LogP contribution is 2.37. The quantitative estimate of drug-likeness (QED) is 0.397. The predicted octanol–water partition coefficient (Wildman–Crippen LogP) is 2.70. The Labute approximate surface area is 175 Å². The Balaban J connectivity index is 1.51. The summed E-state index contributed by atoms with van der Waals surface area (Å²) < 4.78 is 10.3. The van der Waals surface area contributed by atoms with Crippen LogP contribution in [0.25, 0.3) is 0 Å². The molecule has 0 aromatic heterocycles. The summed E-state index contributed by atoms with van der Waals surface area (Å²) >= 11 is 0. The molecule has 2 aliphatic rings. The third kappa shape index (κ3) is 4.63. The Morgan fingerprint density at radius 2 is 1.80 bits per heavy atom. The van der Waals surface area contributed by atoms with Crippen LogP contribution in [0.3, 0.4) is 0 Å². The lowest BCUT2D eigenvalue weighted by atomic mass is 9.75. The molecule has 1 spiro atoms. The van der Waals surface area contributed by atoms with Crippen molar-refractivity contribution in [1.29, 1.82) is 0 Å². The van der Waals surface area contributed by atoms with Gasteiger partial charge in [-0.1, -0.05) is 13.3 Å². The molecule has 8 heteroatoms. The van der Waals surface area contributed by atoms with E-state index in [0.29, 0.717) is 36.7 Å². The van der Waals surface area contributed by atoms with Crippen LogP contribution in [0.4, 0.5) is 4.79 Å². The molecular formula is C22H28N2O6. The lowest BCUT2D eigenvalue weighted by Gasteiger charge is -2.34. The molecule has 1 aliphatic heterocycles. The molecule has 1 aliphatic carbocycles. The van der Waals surface area contributed by atoms with Crippen molar-refractivity contribution in [2.24, 2.45) is 5.92 Å². The first-order valence-electron chi connectivity index (χ1n) is 10.4. The third-order valence-corrected chi connectivity index (χ3v) is 5.92. The van der Waals surface area contributed by atoms with Gasteiger partial charge in [0.25, 0.3) is 5.91 Å². The highest BCUT2D eigenvalue weighted by molar-refractivity contribution is 6.09. The van der Waals surface area contributed by atoms with Crippen LogP contribution < -0.4 is 10.1 Å². The Morgan fingerprint density at radius 3 is 2.40 bits per heavy atom. The monoisotopic (exact) mass is 416 g/mol. The van der Waals surface area contributed by atoms with Crippen LogP contribution in [-0.4, -0.2) is 53.9 Å². The molecule has 8 nitrogen and oxygen atoms in total. The van der Waals surface area contributed by atoms with E-state index in [1.165, 1.54) is 0 Å². The normalized spacial score (nSPS) is 23.4. The number of imide groups is 1. The Hall–Kier alpha value is -2.90. The summed E-state index contributed by atoms with van der Waals surface area (Å²) in [5.74, 6) is -0.341. The summed E-state index contributed by atoms with van der Waals surface area (Å²) in [6.45, 7) is 3.55. The second-order valence-electron chi connectivity index (χ2n) is 7.80. The first kappa shape index (κ1) is 21.8. The minimum atomic E-state index is -0.902. The molecular weight excluding hydrogens is 388 g/mol. The number of ether oxygens (including phenoxy) is 2. The van der Waals surface area contributed by atoms with E-state index in [1.807, 2.05) is 6.92 Å². The summed E-state index contributed by atoms with van der Waals surface area (Å²) in [4.78, 5) is 50.4. The van der Waals surface area contributed by atoms with Gasteiger partial charge in [0.1, 0.15) is 17.8 Å². The van der Waals surface area contributed by atoms with Gasteiger partial charge < -0.3 is 14.8 Å². The summed E-state index contributed by atoms with van der Waals surface area (Å²) in [6, 6.07) is 5.94. The van der Waals surface area contributed by atoms with Gasteiger partial charge in [0, 0.05) is 5.56 Å². The van der Waals surface area contributed by atoms with Crippen molar-refractivity contribution in [3.8, 4) is 5.75 Å². The van der Waals surface area contributed by atoms with Crippen molar-refractivity contribution < 1.29 is 28.7 Å². The molecule has 0 atom stereocenters. The number of benzene rings is 1. The lowest BCUT2D eigenvalue weighted by molar-refractivity contribution is -0.147. The fourth-order valence-electron chi connectivity index (χ4n) is 4.05. The zero-order valence-electron chi connectivity index (χ0n) is 17.4. The molecule has 1 heterocycles. The van der Waals surface area contributed by atoms with E-state index < -0.39 is 30.7 Å². The summed E-state index contributed by atoms with van der Waals surface area (Å²) in [5, 5.41) is 2.78. The van der Waals surface area contributed by atoms with Gasteiger partial charge in [-0.05, 0) is 62.8 Å². The Bertz CT molecular complexity index is 811. The molecule has 2 fully saturated rings. The van der Waals surface area contributed by atoms with Crippen molar-refractivity contribution in [3.05, 3.63) is 29.8 Å². The third-order valence-electron chi connectivity index (χ3n) is 5.92. The van der Waals surface area contributed by atoms with E-state index in [-0.39, 0.29) is 11.7 Å². The molecule has 162 valence electrons. The summed E-state index contributed by atoms with van der Waals surface area (Å²) in [5.41, 5.74) is -0.519. The first-order chi connectivity index (χ1) is 14.4. The van der Waals surface area contributed by atoms with E-state index >= 15 is 0 Å². The lowest BCUT2D eigenvalue weighted by Crippen LogP contribution is -2.49. The van der Waals surface area contributed by atoms with Crippen molar-refractivity contribution in [2.75, 3.05) is 19.8 Å². The number of hydrogen-bond donors (Lipinski definition) is 1. The molecule has 1 aromatic rings. The summed E-state index contributed by atoms with van der Waals surface area (Å²) in [6.07, 6.45) is 3.96. The molecule has 0 unspecified atom stereocenters. The molecule has 0 radical (unpaired) electrons. The second kappa shape index (κ2) is 9.28. The average Bonchev–Trinajstić information content (AvgIpc) is 2.97. The topological polar surface area (TPSA) is 102 Å². The van der Waals surface area contributed by atoms with Crippen LogP contribution in [-0.2, 0) is 14.3 Å². The van der Waals surface area contributed by atoms with Gasteiger partial charge in [-0.2, -0.15) is 0 Å². The number of amides is 3. The number of nitrogens with zero attached hydrogens (tertiary/aromatic N) is 1. The molecule has 1 saturated heterocycles. The molecule has 1 saturated carbocycles. The Kier molecular flexibility index (Phi) is 6.74. The van der Waals surface area contributed by atoms with Crippen LogP contribution in [0.5, 0.6) is 5.75 Å². The number of nitrogens with one attached hydrogen (secondary N) is 1. The first-order valence-corrected chi connectivity index (χ1v) is 10.4. The summed E-state index contributed by atoms with van der Waals surface area (Å²) in [7, 11) is 0. The standard InChI is InChI=1S/C22H28N2O6/c1-3-15-9-11-22(12-10-15)20(27)24(21(28)23-22)13-19(26)30-14-18(25)16-5-7-17(8-6-16)29-4-2/h5-8,15H,3-4,9-14H2,1-2H3,(H,23,28). The molecule has 0 bridgehead atoms. The van der Waals surface area contributed by atoms with E-state index in [1.54, 1.807) is 24.3 Å². The molecule has 3 amide bonds. The molecule has 30 heavy (non-hydrogen) atoms. The van der Waals surface area contributed by atoms with E-state index in [0.717, 1.165) is 24.2 Å². The fraction of sp³-hybridized carbons (Fsp3) is 0.545. The number of carbonyl (C=O) groups excluding carboxylic acids is 4. The van der Waals surface area contributed by atoms with E-state index in [2.05, 4.69) is 12.2 Å². The van der Waals surface area contributed by atoms with Gasteiger partial charge in [0.2, 0.25) is 0 Å². The van der Waals surface area contributed by atoms with E-state index in [4.69, 9.17) is 9.47 Å². The average molecular weight is 416 g/mol. The SMILES string of the molecule is CCOc1ccc(C(=O)COC(=O)CN2C(=O)NC3(CCC(CC)CC3)C2=O)cc1. The van der Waals surface area contributed by atoms with Gasteiger partial charge in [0.05, 0.1) is 6.61 Å². The molecule has 1 aromatic carbocycles. The maximum Gasteiger partial charge on any atom is 0.326 e. The van der Waals surface area contributed by atoms with Crippen LogP contribution in [0, 0.1) is 5.92 Å². The number of ketones is 1. The van der Waals surface area contributed by atoms with Crippen molar-refractivity contribution in [2.45, 2.75) is 51.5 Å². The second-order valence-corrected chi connectivity index (χ2v) is 7.80. The number of Topliss-reactive ketones (excluding diaryl/α,β-unsaturated/α-hetero) is 1. The molecule has 3 rings (SSSR count). The maximum atomic E-state index is 12.8. The van der Waals surface area contributed by atoms with Crippen LogP contribution >= 0.6 is 0 Å². The Morgan fingerprint density at radius 1 is 1.13 bits per heavy atom. The highest BCUT2D eigenvalue weighted by Gasteiger charge is 2.52. The number of hydrogen-bond acceptors (Lipinski definition) is 6.